The zero-order valence-corrected chi connectivity index (χ0v) is 14.7. The molecule has 0 radical (unpaired) electrons. The summed E-state index contributed by atoms with van der Waals surface area (Å²) >= 11 is 3.36. The van der Waals surface area contributed by atoms with Crippen LogP contribution in [0.25, 0.3) is 0 Å². The lowest BCUT2D eigenvalue weighted by molar-refractivity contribution is -0.152. The molecule has 5 nitrogen and oxygen atoms in total. The maximum atomic E-state index is 11.8. The van der Waals surface area contributed by atoms with Crippen LogP contribution in [0.2, 0.25) is 0 Å². The number of carbonyl (C=O) groups is 2. The zero-order chi connectivity index (χ0) is 17.7. The molecule has 0 aliphatic carbocycles. The molecule has 2 aromatic carbocycles. The molecule has 1 unspecified atom stereocenters. The van der Waals surface area contributed by atoms with Crippen LogP contribution in [0.1, 0.15) is 31.1 Å². The summed E-state index contributed by atoms with van der Waals surface area (Å²) in [5.41, 5.74) is 1.04. The SMILES string of the molecule is CC(=O)OC(C(C)=O)c1cc(Oc2ccc(C#N)cc2)ccc1Br. The van der Waals surface area contributed by atoms with E-state index >= 15 is 0 Å². The number of esters is 1. The number of benzene rings is 2. The van der Waals surface area contributed by atoms with E-state index in [1.54, 1.807) is 42.5 Å². The lowest BCUT2D eigenvalue weighted by Crippen LogP contribution is -2.16. The third-order valence-electron chi connectivity index (χ3n) is 3.12. The van der Waals surface area contributed by atoms with Crippen molar-refractivity contribution in [3.8, 4) is 17.6 Å². The number of nitriles is 1. The molecule has 0 spiro atoms. The van der Waals surface area contributed by atoms with Gasteiger partial charge in [0.25, 0.3) is 0 Å². The Morgan fingerprint density at radius 2 is 1.71 bits per heavy atom. The predicted molar refractivity (Wildman–Crippen MR) is 90.6 cm³/mol. The highest BCUT2D eigenvalue weighted by atomic mass is 79.9. The minimum atomic E-state index is -0.999. The second kappa shape index (κ2) is 7.75. The van der Waals surface area contributed by atoms with E-state index in [0.29, 0.717) is 27.1 Å². The van der Waals surface area contributed by atoms with Crippen LogP contribution in [-0.2, 0) is 14.3 Å². The van der Waals surface area contributed by atoms with Gasteiger partial charge in [0.15, 0.2) is 11.9 Å². The molecule has 1 atom stereocenters. The van der Waals surface area contributed by atoms with Gasteiger partial charge in [-0.3, -0.25) is 9.59 Å². The second-order valence-corrected chi connectivity index (χ2v) is 5.88. The van der Waals surface area contributed by atoms with E-state index in [1.807, 2.05) is 6.07 Å². The summed E-state index contributed by atoms with van der Waals surface area (Å²) in [7, 11) is 0. The Morgan fingerprint density at radius 3 is 2.25 bits per heavy atom. The molecule has 0 bridgehead atoms. The van der Waals surface area contributed by atoms with Crippen molar-refractivity contribution in [3.05, 3.63) is 58.1 Å². The molecule has 122 valence electrons. The van der Waals surface area contributed by atoms with Gasteiger partial charge in [-0.1, -0.05) is 15.9 Å². The van der Waals surface area contributed by atoms with Gasteiger partial charge in [-0.2, -0.15) is 5.26 Å². The van der Waals surface area contributed by atoms with Crippen molar-refractivity contribution in [1.82, 2.24) is 0 Å². The predicted octanol–water partition coefficient (Wildman–Crippen LogP) is 4.31. The van der Waals surface area contributed by atoms with Gasteiger partial charge in [-0.25, -0.2) is 0 Å². The minimum Gasteiger partial charge on any atom is -0.457 e. The summed E-state index contributed by atoms with van der Waals surface area (Å²) < 4.78 is 11.5. The van der Waals surface area contributed by atoms with E-state index < -0.39 is 12.1 Å². The van der Waals surface area contributed by atoms with Gasteiger partial charge in [0.1, 0.15) is 11.5 Å². The molecule has 2 rings (SSSR count). The standard InChI is InChI=1S/C18H14BrNO4/c1-11(21)18(23-12(2)22)16-9-15(7-8-17(16)19)24-14-5-3-13(10-20)4-6-14/h3-9,18H,1-2H3. The molecule has 0 heterocycles. The van der Waals surface area contributed by atoms with Crippen molar-refractivity contribution in [3.63, 3.8) is 0 Å². The van der Waals surface area contributed by atoms with Gasteiger partial charge in [0.2, 0.25) is 0 Å². The highest BCUT2D eigenvalue weighted by Crippen LogP contribution is 2.32. The van der Waals surface area contributed by atoms with Crippen LogP contribution < -0.4 is 4.74 Å². The molecule has 0 aromatic heterocycles. The highest BCUT2D eigenvalue weighted by Gasteiger charge is 2.23. The van der Waals surface area contributed by atoms with E-state index in [9.17, 15) is 9.59 Å². The number of nitrogens with zero attached hydrogens (tertiary/aromatic N) is 1. The van der Waals surface area contributed by atoms with Crippen molar-refractivity contribution >= 4 is 27.7 Å². The van der Waals surface area contributed by atoms with E-state index in [1.165, 1.54) is 13.8 Å². The lowest BCUT2D eigenvalue weighted by atomic mass is 10.1. The van der Waals surface area contributed by atoms with Crippen molar-refractivity contribution in [1.29, 1.82) is 5.26 Å². The third kappa shape index (κ3) is 4.43. The molecule has 0 fully saturated rings. The van der Waals surface area contributed by atoms with Crippen molar-refractivity contribution < 1.29 is 19.1 Å². The third-order valence-corrected chi connectivity index (χ3v) is 3.84. The Morgan fingerprint density at radius 1 is 1.08 bits per heavy atom. The molecule has 0 saturated heterocycles. The number of ketones is 1. The first-order valence-corrected chi connectivity index (χ1v) is 7.85. The van der Waals surface area contributed by atoms with Crippen LogP contribution >= 0.6 is 15.9 Å². The summed E-state index contributed by atoms with van der Waals surface area (Å²) in [6, 6.07) is 13.7. The normalized spacial score (nSPS) is 11.2. The van der Waals surface area contributed by atoms with Crippen LogP contribution in [0.3, 0.4) is 0 Å². The maximum absolute atomic E-state index is 11.8. The van der Waals surface area contributed by atoms with Gasteiger partial charge in [0, 0.05) is 17.0 Å². The minimum absolute atomic E-state index is 0.290. The fraction of sp³-hybridized carbons (Fsp3) is 0.167. The number of rotatable bonds is 5. The topological polar surface area (TPSA) is 76.4 Å². The average molecular weight is 388 g/mol. The smallest absolute Gasteiger partial charge is 0.303 e. The summed E-state index contributed by atoms with van der Waals surface area (Å²) in [4.78, 5) is 23.0. The van der Waals surface area contributed by atoms with Gasteiger partial charge < -0.3 is 9.47 Å². The first kappa shape index (κ1) is 17.7. The number of halogens is 1. The number of hydrogen-bond donors (Lipinski definition) is 0. The molecule has 0 aliphatic heterocycles. The zero-order valence-electron chi connectivity index (χ0n) is 13.1. The highest BCUT2D eigenvalue weighted by molar-refractivity contribution is 9.10. The Labute approximate surface area is 147 Å². The first-order chi connectivity index (χ1) is 11.4. The Balaban J connectivity index is 2.31. The fourth-order valence-electron chi connectivity index (χ4n) is 2.05. The number of carbonyl (C=O) groups excluding carboxylic acids is 2. The van der Waals surface area contributed by atoms with E-state index in [-0.39, 0.29) is 5.78 Å². The molecule has 0 N–H and O–H groups in total. The maximum Gasteiger partial charge on any atom is 0.303 e. The van der Waals surface area contributed by atoms with Gasteiger partial charge in [0.05, 0.1) is 11.6 Å². The summed E-state index contributed by atoms with van der Waals surface area (Å²) in [5.74, 6) is 0.201. The van der Waals surface area contributed by atoms with Crippen molar-refractivity contribution in [2.24, 2.45) is 0 Å². The van der Waals surface area contributed by atoms with Crippen molar-refractivity contribution in [2.45, 2.75) is 20.0 Å². The molecule has 0 amide bonds. The monoisotopic (exact) mass is 387 g/mol. The van der Waals surface area contributed by atoms with E-state index in [2.05, 4.69) is 15.9 Å². The quantitative estimate of drug-likeness (QED) is 0.714. The second-order valence-electron chi connectivity index (χ2n) is 5.02. The van der Waals surface area contributed by atoms with Crippen LogP contribution in [0.5, 0.6) is 11.5 Å². The van der Waals surface area contributed by atoms with Crippen LogP contribution in [0.4, 0.5) is 0 Å². The Bertz CT molecular complexity index is 809. The molecule has 24 heavy (non-hydrogen) atoms. The fourth-order valence-corrected chi connectivity index (χ4v) is 2.51. The summed E-state index contributed by atoms with van der Waals surface area (Å²) in [6.07, 6.45) is -0.999. The number of ether oxygens (including phenoxy) is 2. The number of Topliss-reactive ketones (excluding diaryl/α,β-unsaturated/α-hetero) is 1. The first-order valence-electron chi connectivity index (χ1n) is 7.06. The molecule has 2 aromatic rings. The van der Waals surface area contributed by atoms with Crippen LogP contribution in [0, 0.1) is 11.3 Å². The molecule has 0 aliphatic rings. The van der Waals surface area contributed by atoms with Crippen LogP contribution in [-0.4, -0.2) is 11.8 Å². The van der Waals surface area contributed by atoms with Gasteiger partial charge >= 0.3 is 5.97 Å². The molecule has 0 saturated carbocycles. The van der Waals surface area contributed by atoms with E-state index in [0.717, 1.165) is 0 Å². The Hall–Kier alpha value is -2.65. The number of hydrogen-bond acceptors (Lipinski definition) is 5. The summed E-state index contributed by atoms with van der Waals surface area (Å²) in [6.45, 7) is 2.61. The van der Waals surface area contributed by atoms with Crippen molar-refractivity contribution in [2.75, 3.05) is 0 Å². The average Bonchev–Trinajstić information content (AvgIpc) is 2.55. The summed E-state index contributed by atoms with van der Waals surface area (Å²) in [5, 5.41) is 8.80. The van der Waals surface area contributed by atoms with Gasteiger partial charge in [-0.15, -0.1) is 0 Å². The Kier molecular flexibility index (Phi) is 5.72. The largest absolute Gasteiger partial charge is 0.457 e. The molecule has 6 heteroatoms. The molecular formula is C18H14BrNO4. The van der Waals surface area contributed by atoms with E-state index in [4.69, 9.17) is 14.7 Å². The molecular weight excluding hydrogens is 374 g/mol. The van der Waals surface area contributed by atoms with Gasteiger partial charge in [-0.05, 0) is 49.4 Å². The lowest BCUT2D eigenvalue weighted by Gasteiger charge is -2.17. The van der Waals surface area contributed by atoms with Crippen LogP contribution in [0.15, 0.2) is 46.9 Å².